The van der Waals surface area contributed by atoms with Crippen molar-refractivity contribution in [3.05, 3.63) is 48.0 Å². The predicted octanol–water partition coefficient (Wildman–Crippen LogP) is 3.99. The number of carbonyl (C=O) groups excluding carboxylic acids is 1. The number of methoxy groups -OCH3 is 1. The van der Waals surface area contributed by atoms with E-state index >= 15 is 0 Å². The van der Waals surface area contributed by atoms with Gasteiger partial charge in [-0.15, -0.1) is 0 Å². The molecule has 30 heavy (non-hydrogen) atoms. The minimum absolute atomic E-state index is 0.0509. The summed E-state index contributed by atoms with van der Waals surface area (Å²) >= 11 is 0. The Morgan fingerprint density at radius 2 is 1.87 bits per heavy atom. The zero-order valence-electron chi connectivity index (χ0n) is 17.7. The monoisotopic (exact) mass is 428 g/mol. The third-order valence-corrected chi connectivity index (χ3v) is 8.09. The van der Waals surface area contributed by atoms with Gasteiger partial charge in [0, 0.05) is 24.2 Å². The summed E-state index contributed by atoms with van der Waals surface area (Å²) in [6, 6.07) is 12.2. The summed E-state index contributed by atoms with van der Waals surface area (Å²) in [5.74, 6) is 0.971. The second-order valence-corrected chi connectivity index (χ2v) is 9.91. The Labute approximate surface area is 178 Å². The fraction of sp³-hybridized carbons (Fsp3) is 0.435. The molecule has 0 bridgehead atoms. The van der Waals surface area contributed by atoms with E-state index in [-0.39, 0.29) is 22.8 Å². The van der Waals surface area contributed by atoms with Gasteiger partial charge in [-0.2, -0.15) is 0 Å². The van der Waals surface area contributed by atoms with Crippen molar-refractivity contribution >= 4 is 27.3 Å². The van der Waals surface area contributed by atoms with Gasteiger partial charge < -0.3 is 9.64 Å². The second kappa shape index (κ2) is 7.95. The Kier molecular flexibility index (Phi) is 5.49. The fourth-order valence-electron chi connectivity index (χ4n) is 4.32. The van der Waals surface area contributed by atoms with Gasteiger partial charge in [-0.3, -0.25) is 9.10 Å². The number of rotatable bonds is 6. The average molecular weight is 429 g/mol. The molecular weight excluding hydrogens is 400 g/mol. The van der Waals surface area contributed by atoms with E-state index in [2.05, 4.69) is 0 Å². The highest BCUT2D eigenvalue weighted by Gasteiger charge is 2.37. The molecule has 0 saturated heterocycles. The average Bonchev–Trinajstić information content (AvgIpc) is 3.02. The van der Waals surface area contributed by atoms with Crippen LogP contribution in [-0.4, -0.2) is 34.0 Å². The Bertz CT molecular complexity index is 1050. The molecule has 4 rings (SSSR count). The molecule has 1 amide bonds. The number of fused-ring (bicyclic) bond motifs is 1. The first-order valence-electron chi connectivity index (χ1n) is 10.5. The highest BCUT2D eigenvalue weighted by atomic mass is 32.2. The second-order valence-electron chi connectivity index (χ2n) is 8.05. The van der Waals surface area contributed by atoms with Crippen LogP contribution in [0.1, 0.15) is 38.7 Å². The molecule has 2 aromatic rings. The van der Waals surface area contributed by atoms with E-state index in [9.17, 15) is 13.2 Å². The van der Waals surface area contributed by atoms with E-state index in [4.69, 9.17) is 4.74 Å². The van der Waals surface area contributed by atoms with Crippen molar-refractivity contribution in [2.75, 3.05) is 22.9 Å². The molecule has 1 aliphatic heterocycles. The summed E-state index contributed by atoms with van der Waals surface area (Å²) in [5.41, 5.74) is 2.36. The highest BCUT2D eigenvalue weighted by molar-refractivity contribution is 7.92. The van der Waals surface area contributed by atoms with Gasteiger partial charge in [0.25, 0.3) is 10.0 Å². The standard InChI is InChI=1S/C23H28N2O4S/c1-4-24(19-8-10-20(29-3)11-9-19)30(27,28)21-12-13-22-18(15-21)14-16(2)25(22)23(26)17-6-5-7-17/h8-13,15-17H,4-7,14H2,1-3H3. The van der Waals surface area contributed by atoms with Crippen molar-refractivity contribution in [3.63, 3.8) is 0 Å². The first kappa shape index (κ1) is 20.7. The molecule has 1 saturated carbocycles. The minimum Gasteiger partial charge on any atom is -0.497 e. The van der Waals surface area contributed by atoms with Crippen LogP contribution in [0.3, 0.4) is 0 Å². The van der Waals surface area contributed by atoms with Crippen LogP contribution in [0.4, 0.5) is 11.4 Å². The van der Waals surface area contributed by atoms with Crippen molar-refractivity contribution in [2.24, 2.45) is 5.92 Å². The van der Waals surface area contributed by atoms with E-state index in [0.29, 0.717) is 24.4 Å². The van der Waals surface area contributed by atoms with E-state index in [1.165, 1.54) is 4.31 Å². The van der Waals surface area contributed by atoms with Crippen LogP contribution in [0.15, 0.2) is 47.4 Å². The summed E-state index contributed by atoms with van der Waals surface area (Å²) in [6.07, 6.45) is 3.70. The SMILES string of the molecule is CCN(c1ccc(OC)cc1)S(=O)(=O)c1ccc2c(c1)CC(C)N2C(=O)C1CCC1. The topological polar surface area (TPSA) is 66.9 Å². The minimum atomic E-state index is -3.72. The zero-order chi connectivity index (χ0) is 21.5. The van der Waals surface area contributed by atoms with Gasteiger partial charge in [-0.1, -0.05) is 6.42 Å². The van der Waals surface area contributed by atoms with E-state index in [1.54, 1.807) is 49.6 Å². The summed E-state index contributed by atoms with van der Waals surface area (Å²) < 4.78 is 33.3. The number of ether oxygens (including phenoxy) is 1. The largest absolute Gasteiger partial charge is 0.497 e. The quantitative estimate of drug-likeness (QED) is 0.698. The summed E-state index contributed by atoms with van der Waals surface area (Å²) in [4.78, 5) is 15.0. The molecule has 7 heteroatoms. The van der Waals surface area contributed by atoms with Gasteiger partial charge in [0.05, 0.1) is 17.7 Å². The molecule has 0 aromatic heterocycles. The van der Waals surface area contributed by atoms with E-state index < -0.39 is 10.0 Å². The maximum absolute atomic E-state index is 13.4. The van der Waals surface area contributed by atoms with Crippen LogP contribution >= 0.6 is 0 Å². The molecule has 0 radical (unpaired) electrons. The lowest BCUT2D eigenvalue weighted by Gasteiger charge is -2.32. The maximum atomic E-state index is 13.4. The lowest BCUT2D eigenvalue weighted by molar-refractivity contribution is -0.125. The van der Waals surface area contributed by atoms with Crippen molar-refractivity contribution in [1.29, 1.82) is 0 Å². The number of sulfonamides is 1. The molecule has 6 nitrogen and oxygen atoms in total. The first-order valence-corrected chi connectivity index (χ1v) is 11.9. The number of anilines is 2. The number of benzene rings is 2. The van der Waals surface area contributed by atoms with Crippen LogP contribution in [0.25, 0.3) is 0 Å². The normalized spacial score (nSPS) is 18.6. The van der Waals surface area contributed by atoms with Crippen LogP contribution in [0.2, 0.25) is 0 Å². The van der Waals surface area contributed by atoms with E-state index in [0.717, 1.165) is 30.5 Å². The smallest absolute Gasteiger partial charge is 0.264 e. The molecule has 1 heterocycles. The van der Waals surface area contributed by atoms with Crippen molar-refractivity contribution in [3.8, 4) is 5.75 Å². The molecule has 1 aliphatic carbocycles. The van der Waals surface area contributed by atoms with Crippen molar-refractivity contribution in [2.45, 2.75) is 50.5 Å². The number of hydrogen-bond donors (Lipinski definition) is 0. The zero-order valence-corrected chi connectivity index (χ0v) is 18.5. The number of nitrogens with zero attached hydrogens (tertiary/aromatic N) is 2. The molecule has 0 spiro atoms. The maximum Gasteiger partial charge on any atom is 0.264 e. The van der Waals surface area contributed by atoms with Gasteiger partial charge in [0.2, 0.25) is 5.91 Å². The molecule has 1 unspecified atom stereocenters. The summed E-state index contributed by atoms with van der Waals surface area (Å²) in [6.45, 7) is 4.16. The van der Waals surface area contributed by atoms with Crippen molar-refractivity contribution in [1.82, 2.24) is 0 Å². The molecule has 0 N–H and O–H groups in total. The van der Waals surface area contributed by atoms with Crippen LogP contribution in [-0.2, 0) is 21.2 Å². The van der Waals surface area contributed by atoms with Gasteiger partial charge in [-0.05, 0) is 81.1 Å². The molecule has 1 atom stereocenters. The Morgan fingerprint density at radius 1 is 1.17 bits per heavy atom. The fourth-order valence-corrected chi connectivity index (χ4v) is 5.85. The van der Waals surface area contributed by atoms with Gasteiger partial charge >= 0.3 is 0 Å². The van der Waals surface area contributed by atoms with Gasteiger partial charge in [-0.25, -0.2) is 8.42 Å². The van der Waals surface area contributed by atoms with Crippen molar-refractivity contribution < 1.29 is 17.9 Å². The molecule has 2 aliphatic rings. The molecule has 1 fully saturated rings. The van der Waals surface area contributed by atoms with Crippen LogP contribution in [0, 0.1) is 5.92 Å². The highest BCUT2D eigenvalue weighted by Crippen LogP contribution is 2.39. The predicted molar refractivity (Wildman–Crippen MR) is 118 cm³/mol. The molecule has 2 aromatic carbocycles. The van der Waals surface area contributed by atoms with Gasteiger partial charge in [0.1, 0.15) is 5.75 Å². The van der Waals surface area contributed by atoms with Gasteiger partial charge in [0.15, 0.2) is 0 Å². The molecule has 160 valence electrons. The van der Waals surface area contributed by atoms with Crippen LogP contribution in [0.5, 0.6) is 5.75 Å². The Morgan fingerprint density at radius 3 is 2.43 bits per heavy atom. The lowest BCUT2D eigenvalue weighted by Crippen LogP contribution is -2.42. The third kappa shape index (κ3) is 3.45. The Hall–Kier alpha value is -2.54. The van der Waals surface area contributed by atoms with Crippen LogP contribution < -0.4 is 13.9 Å². The first-order chi connectivity index (χ1) is 14.4. The number of carbonyl (C=O) groups is 1. The Balaban J connectivity index is 1.65. The lowest BCUT2D eigenvalue weighted by atomic mass is 9.84. The number of amides is 1. The molecular formula is C23H28N2O4S. The summed E-state index contributed by atoms with van der Waals surface area (Å²) in [7, 11) is -2.14. The number of hydrogen-bond acceptors (Lipinski definition) is 4. The summed E-state index contributed by atoms with van der Waals surface area (Å²) in [5, 5.41) is 0. The third-order valence-electron chi connectivity index (χ3n) is 6.19. The van der Waals surface area contributed by atoms with E-state index in [1.807, 2.05) is 18.7 Å².